The Kier molecular flexibility index (Phi) is 6.93. The third-order valence-corrected chi connectivity index (χ3v) is 13.9. The van der Waals surface area contributed by atoms with Gasteiger partial charge >= 0.3 is 0 Å². The summed E-state index contributed by atoms with van der Waals surface area (Å²) in [5.74, 6) is 0.602. The summed E-state index contributed by atoms with van der Waals surface area (Å²) in [6.07, 6.45) is 0. The first-order chi connectivity index (χ1) is 33.7. The van der Waals surface area contributed by atoms with Crippen LogP contribution in [0, 0.1) is 0 Å². The second kappa shape index (κ2) is 14.4. The average molecular weight is 846 g/mol. The molecule has 0 N–H and O–H groups in total. The minimum atomic E-state index is -0.276. The van der Waals surface area contributed by atoms with Gasteiger partial charge in [-0.2, -0.15) is 0 Å². The Morgan fingerprint density at radius 3 is 1.78 bits per heavy atom. The van der Waals surface area contributed by atoms with Gasteiger partial charge in [-0.15, -0.1) is 22.7 Å². The SMILES string of the molecule is [2H]c1c([2H])c(-c2ccc3sc4ccccc4c3c2)c2c(sc3c([2H])c(-c4nc(-c5ccc(-c6ccccc6)cc5)nc(-c5cccc6c5oc5c(-c7ccccc7)cccc56)n4)c([2H])c([2H])c32)c1[2H]. The molecular weight excluding hydrogens is 807 g/mol. The first kappa shape index (κ1) is 30.3. The van der Waals surface area contributed by atoms with E-state index in [1.54, 1.807) is 11.3 Å². The zero-order valence-electron chi connectivity index (χ0n) is 39.2. The van der Waals surface area contributed by atoms with Gasteiger partial charge in [0.05, 0.1) is 13.8 Å². The van der Waals surface area contributed by atoms with E-state index in [4.69, 9.17) is 22.1 Å². The predicted octanol–water partition coefficient (Wildman–Crippen LogP) is 16.5. The summed E-state index contributed by atoms with van der Waals surface area (Å²) in [7, 11) is 0. The Morgan fingerprint density at radius 1 is 0.365 bits per heavy atom. The molecule has 9 aromatic carbocycles. The van der Waals surface area contributed by atoms with Gasteiger partial charge in [0.15, 0.2) is 17.5 Å². The van der Waals surface area contributed by atoms with Gasteiger partial charge < -0.3 is 4.42 Å². The lowest BCUT2D eigenvalue weighted by molar-refractivity contribution is 0.670. The van der Waals surface area contributed by atoms with Gasteiger partial charge in [-0.3, -0.25) is 0 Å². The molecule has 0 fully saturated rings. The van der Waals surface area contributed by atoms with E-state index >= 15 is 0 Å². The topological polar surface area (TPSA) is 51.8 Å². The van der Waals surface area contributed by atoms with Crippen molar-refractivity contribution in [2.24, 2.45) is 0 Å². The molecule has 4 nitrogen and oxygen atoms in total. The summed E-state index contributed by atoms with van der Waals surface area (Å²) in [6.45, 7) is 0. The molecule has 0 saturated heterocycles. The molecule has 0 unspecified atom stereocenters. The quantitative estimate of drug-likeness (QED) is 0.167. The molecule has 0 spiro atoms. The van der Waals surface area contributed by atoms with Crippen molar-refractivity contribution in [2.45, 2.75) is 0 Å². The summed E-state index contributed by atoms with van der Waals surface area (Å²) < 4.78 is 66.4. The van der Waals surface area contributed by atoms with E-state index in [1.807, 2.05) is 140 Å². The molecule has 13 rings (SSSR count). The van der Waals surface area contributed by atoms with Crippen molar-refractivity contribution < 1.29 is 12.6 Å². The van der Waals surface area contributed by atoms with Gasteiger partial charge in [0.25, 0.3) is 0 Å². The fourth-order valence-corrected chi connectivity index (χ4v) is 10.8. The molecule has 0 atom stereocenters. The van der Waals surface area contributed by atoms with Crippen LogP contribution in [0.2, 0.25) is 0 Å². The van der Waals surface area contributed by atoms with Crippen molar-refractivity contribution in [1.82, 2.24) is 15.0 Å². The monoisotopic (exact) mass is 845 g/mol. The maximum atomic E-state index is 9.89. The minimum absolute atomic E-state index is 0.0319. The first-order valence-electron chi connectivity index (χ1n) is 23.5. The van der Waals surface area contributed by atoms with Crippen molar-refractivity contribution >= 4 is 85.0 Å². The number of aromatic nitrogens is 3. The fraction of sp³-hybridized carbons (Fsp3) is 0. The molecule has 0 saturated carbocycles. The van der Waals surface area contributed by atoms with Crippen LogP contribution in [-0.4, -0.2) is 15.0 Å². The number of rotatable bonds is 6. The zero-order valence-corrected chi connectivity index (χ0v) is 34.8. The molecule has 294 valence electrons. The summed E-state index contributed by atoms with van der Waals surface area (Å²) in [6, 6.07) is 53.0. The van der Waals surface area contributed by atoms with Gasteiger partial charge in [0.2, 0.25) is 0 Å². The maximum absolute atomic E-state index is 9.89. The summed E-state index contributed by atoms with van der Waals surface area (Å²) in [5.41, 5.74) is 7.67. The van der Waals surface area contributed by atoms with Crippen molar-refractivity contribution in [3.05, 3.63) is 200 Å². The number of benzene rings is 9. The highest BCUT2D eigenvalue weighted by molar-refractivity contribution is 7.26. The average Bonchev–Trinajstić information content (AvgIpc) is 4.10. The van der Waals surface area contributed by atoms with Crippen LogP contribution in [0.25, 0.3) is 130 Å². The molecule has 0 bridgehead atoms. The minimum Gasteiger partial charge on any atom is -0.455 e. The Hall–Kier alpha value is -7.77. The van der Waals surface area contributed by atoms with Gasteiger partial charge in [-0.25, -0.2) is 15.0 Å². The van der Waals surface area contributed by atoms with Gasteiger partial charge in [-0.1, -0.05) is 164 Å². The third-order valence-electron chi connectivity index (χ3n) is 11.7. The van der Waals surface area contributed by atoms with E-state index < -0.39 is 0 Å². The molecule has 4 aromatic heterocycles. The molecule has 63 heavy (non-hydrogen) atoms. The zero-order chi connectivity index (χ0) is 46.7. The van der Waals surface area contributed by atoms with Crippen molar-refractivity contribution in [3.8, 4) is 67.5 Å². The Balaban J connectivity index is 1.05. The number of thiophene rings is 2. The smallest absolute Gasteiger partial charge is 0.167 e. The van der Waals surface area contributed by atoms with Crippen LogP contribution >= 0.6 is 22.7 Å². The fourth-order valence-electron chi connectivity index (χ4n) is 8.68. The Bertz CT molecular complexity index is 4270. The van der Waals surface area contributed by atoms with E-state index in [0.29, 0.717) is 48.4 Å². The van der Waals surface area contributed by atoms with E-state index in [9.17, 15) is 5.48 Å². The maximum Gasteiger partial charge on any atom is 0.167 e. The lowest BCUT2D eigenvalue weighted by Crippen LogP contribution is -2.00. The molecule has 13 aromatic rings. The van der Waals surface area contributed by atoms with Gasteiger partial charge in [-0.05, 0) is 64.2 Å². The van der Waals surface area contributed by atoms with E-state index in [1.165, 1.54) is 0 Å². The van der Waals surface area contributed by atoms with E-state index in [-0.39, 0.29) is 58.9 Å². The standard InChI is InChI=1S/C57H33N3OS2/c1-3-12-34(13-4-1)35-24-26-37(27-25-35)55-58-56(60-57(59-55)46-21-10-20-44-43-19-9-18-41(53(43)61-54(44)46)36-14-5-2-6-15-36)39-28-30-45-51(33-39)63-50-23-11-17-40(52(45)50)38-29-31-49-47(32-38)42-16-7-8-22-48(42)62-49/h1-33H/i11D,17D,23D,28D,30D,33D. The molecule has 0 aliphatic rings. The summed E-state index contributed by atoms with van der Waals surface area (Å²) in [5, 5.41) is 4.58. The van der Waals surface area contributed by atoms with Gasteiger partial charge in [0, 0.05) is 67.8 Å². The largest absolute Gasteiger partial charge is 0.455 e. The van der Waals surface area contributed by atoms with Crippen molar-refractivity contribution in [1.29, 1.82) is 0 Å². The Labute approximate surface area is 378 Å². The number of hydrogen-bond acceptors (Lipinski definition) is 6. The van der Waals surface area contributed by atoms with E-state index in [0.717, 1.165) is 70.1 Å². The number of hydrogen-bond donors (Lipinski definition) is 0. The lowest BCUT2D eigenvalue weighted by atomic mass is 9.97. The van der Waals surface area contributed by atoms with Crippen molar-refractivity contribution in [2.75, 3.05) is 0 Å². The van der Waals surface area contributed by atoms with Gasteiger partial charge in [0.1, 0.15) is 11.2 Å². The lowest BCUT2D eigenvalue weighted by Gasteiger charge is -2.10. The molecule has 4 heterocycles. The van der Waals surface area contributed by atoms with Crippen LogP contribution in [-0.2, 0) is 0 Å². The molecule has 0 aliphatic heterocycles. The molecule has 0 aliphatic carbocycles. The number of fused-ring (bicyclic) bond motifs is 9. The number of nitrogens with zero attached hydrogens (tertiary/aromatic N) is 3. The van der Waals surface area contributed by atoms with Crippen LogP contribution < -0.4 is 0 Å². The van der Waals surface area contributed by atoms with Crippen LogP contribution in [0.15, 0.2) is 204 Å². The molecule has 0 amide bonds. The second-order valence-electron chi connectivity index (χ2n) is 15.4. The summed E-state index contributed by atoms with van der Waals surface area (Å²) >= 11 is 2.80. The van der Waals surface area contributed by atoms with E-state index in [2.05, 4.69) is 24.3 Å². The highest BCUT2D eigenvalue weighted by Crippen LogP contribution is 2.44. The van der Waals surface area contributed by atoms with Crippen molar-refractivity contribution in [3.63, 3.8) is 0 Å². The van der Waals surface area contributed by atoms with Crippen LogP contribution in [0.5, 0.6) is 0 Å². The van der Waals surface area contributed by atoms with Crippen LogP contribution in [0.1, 0.15) is 8.22 Å². The van der Waals surface area contributed by atoms with Crippen LogP contribution in [0.4, 0.5) is 0 Å². The highest BCUT2D eigenvalue weighted by atomic mass is 32.1. The molecular formula is C57H33N3OS2. The van der Waals surface area contributed by atoms with Crippen LogP contribution in [0.3, 0.4) is 0 Å². The highest BCUT2D eigenvalue weighted by Gasteiger charge is 2.21. The normalized spacial score (nSPS) is 13.1. The predicted molar refractivity (Wildman–Crippen MR) is 265 cm³/mol. The second-order valence-corrected chi connectivity index (χ2v) is 17.5. The Morgan fingerprint density at radius 2 is 0.968 bits per heavy atom. The molecule has 0 radical (unpaired) electrons. The number of furan rings is 1. The third kappa shape index (κ3) is 5.98. The summed E-state index contributed by atoms with van der Waals surface area (Å²) in [4.78, 5) is 15.1. The number of para-hydroxylation sites is 2. The first-order valence-corrected chi connectivity index (χ1v) is 22.1. The molecule has 6 heteroatoms.